The Morgan fingerprint density at radius 1 is 1.29 bits per heavy atom. The highest BCUT2D eigenvalue weighted by atomic mass is 16.1. The highest BCUT2D eigenvalue weighted by Gasteiger charge is 2.13. The summed E-state index contributed by atoms with van der Waals surface area (Å²) in [5, 5.41) is 7.28. The number of nitrogens with zero attached hydrogens (tertiary/aromatic N) is 2. The molecule has 0 aliphatic rings. The van der Waals surface area contributed by atoms with Crippen molar-refractivity contribution in [2.45, 2.75) is 39.7 Å². The number of amides is 1. The van der Waals surface area contributed by atoms with Crippen molar-refractivity contribution in [2.75, 3.05) is 6.54 Å². The fraction of sp³-hybridized carbons (Fsp3) is 0.412. The first kappa shape index (κ1) is 15.3. The van der Waals surface area contributed by atoms with Gasteiger partial charge in [0.25, 0.3) is 5.91 Å². The number of aryl methyl sites for hydroxylation is 2. The first-order chi connectivity index (χ1) is 10.1. The Bertz CT molecular complexity index is 587. The molecule has 0 bridgehead atoms. The average molecular weight is 285 g/mol. The maximum absolute atomic E-state index is 12.1. The summed E-state index contributed by atoms with van der Waals surface area (Å²) in [5.41, 5.74) is 2.81. The maximum atomic E-state index is 12.1. The van der Waals surface area contributed by atoms with E-state index >= 15 is 0 Å². The van der Waals surface area contributed by atoms with Gasteiger partial charge in [0.15, 0.2) is 0 Å². The summed E-state index contributed by atoms with van der Waals surface area (Å²) < 4.78 is 1.87. The molecule has 2 aromatic rings. The summed E-state index contributed by atoms with van der Waals surface area (Å²) >= 11 is 0. The summed E-state index contributed by atoms with van der Waals surface area (Å²) in [6.07, 6.45) is 1.90. The minimum absolute atomic E-state index is 0.0921. The van der Waals surface area contributed by atoms with E-state index in [0.29, 0.717) is 12.2 Å². The van der Waals surface area contributed by atoms with Gasteiger partial charge in [0.05, 0.1) is 0 Å². The van der Waals surface area contributed by atoms with Crippen LogP contribution in [0.4, 0.5) is 0 Å². The topological polar surface area (TPSA) is 46.9 Å². The minimum Gasteiger partial charge on any atom is -0.351 e. The van der Waals surface area contributed by atoms with E-state index in [4.69, 9.17) is 0 Å². The van der Waals surface area contributed by atoms with Crippen LogP contribution < -0.4 is 5.32 Å². The second-order valence-electron chi connectivity index (χ2n) is 5.55. The van der Waals surface area contributed by atoms with E-state index in [1.54, 1.807) is 0 Å². The van der Waals surface area contributed by atoms with E-state index in [1.807, 2.05) is 35.9 Å². The third-order valence-corrected chi connectivity index (χ3v) is 3.41. The molecular weight excluding hydrogens is 262 g/mol. The van der Waals surface area contributed by atoms with Crippen molar-refractivity contribution in [3.63, 3.8) is 0 Å². The lowest BCUT2D eigenvalue weighted by Crippen LogP contribution is -2.25. The molecule has 21 heavy (non-hydrogen) atoms. The molecule has 0 radical (unpaired) electrons. The highest BCUT2D eigenvalue weighted by molar-refractivity contribution is 5.92. The highest BCUT2D eigenvalue weighted by Crippen LogP contribution is 2.10. The third-order valence-electron chi connectivity index (χ3n) is 3.41. The molecule has 1 N–H and O–H groups in total. The Balaban J connectivity index is 1.81. The second kappa shape index (κ2) is 7.07. The number of hydrogen-bond donors (Lipinski definition) is 1. The van der Waals surface area contributed by atoms with Crippen molar-refractivity contribution in [2.24, 2.45) is 0 Å². The first-order valence-corrected chi connectivity index (χ1v) is 7.46. The average Bonchev–Trinajstić information content (AvgIpc) is 2.87. The van der Waals surface area contributed by atoms with Crippen LogP contribution in [0.2, 0.25) is 0 Å². The fourth-order valence-electron chi connectivity index (χ4n) is 2.35. The van der Waals surface area contributed by atoms with Gasteiger partial charge in [-0.15, -0.1) is 0 Å². The molecule has 0 saturated carbocycles. The van der Waals surface area contributed by atoms with E-state index in [1.165, 1.54) is 5.56 Å². The van der Waals surface area contributed by atoms with Crippen LogP contribution in [0.25, 0.3) is 0 Å². The molecule has 0 spiro atoms. The molecule has 2 rings (SSSR count). The van der Waals surface area contributed by atoms with Crippen LogP contribution in [0.3, 0.4) is 0 Å². The zero-order chi connectivity index (χ0) is 15.2. The Labute approximate surface area is 126 Å². The van der Waals surface area contributed by atoms with Crippen LogP contribution in [-0.4, -0.2) is 22.2 Å². The molecule has 4 nitrogen and oxygen atoms in total. The van der Waals surface area contributed by atoms with Crippen LogP contribution >= 0.6 is 0 Å². The van der Waals surface area contributed by atoms with Crippen LogP contribution in [0, 0.1) is 6.92 Å². The van der Waals surface area contributed by atoms with Gasteiger partial charge in [-0.05, 0) is 45.2 Å². The van der Waals surface area contributed by atoms with Crippen molar-refractivity contribution in [1.82, 2.24) is 15.1 Å². The summed E-state index contributed by atoms with van der Waals surface area (Å²) in [6, 6.07) is 12.4. The van der Waals surface area contributed by atoms with Gasteiger partial charge in [0, 0.05) is 18.3 Å². The molecule has 0 aliphatic heterocycles. The zero-order valence-electron chi connectivity index (χ0n) is 13.0. The van der Waals surface area contributed by atoms with Gasteiger partial charge < -0.3 is 5.32 Å². The van der Waals surface area contributed by atoms with Crippen molar-refractivity contribution >= 4 is 5.91 Å². The van der Waals surface area contributed by atoms with Gasteiger partial charge in [-0.1, -0.05) is 30.3 Å². The van der Waals surface area contributed by atoms with Crippen LogP contribution in [0.1, 0.15) is 48.1 Å². The Morgan fingerprint density at radius 3 is 2.62 bits per heavy atom. The Morgan fingerprint density at radius 2 is 2.00 bits per heavy atom. The Hall–Kier alpha value is -2.10. The summed E-state index contributed by atoms with van der Waals surface area (Å²) in [4.78, 5) is 12.1. The number of carbonyl (C=O) groups excluding carboxylic acids is 1. The van der Waals surface area contributed by atoms with E-state index in [-0.39, 0.29) is 11.9 Å². The summed E-state index contributed by atoms with van der Waals surface area (Å²) in [6.45, 7) is 6.75. The normalized spacial score (nSPS) is 10.9. The number of carbonyl (C=O) groups is 1. The number of benzene rings is 1. The van der Waals surface area contributed by atoms with Gasteiger partial charge in [-0.25, -0.2) is 0 Å². The van der Waals surface area contributed by atoms with Crippen LogP contribution in [-0.2, 0) is 6.42 Å². The van der Waals surface area contributed by atoms with E-state index in [2.05, 4.69) is 36.4 Å². The maximum Gasteiger partial charge on any atom is 0.271 e. The predicted molar refractivity (Wildman–Crippen MR) is 84.4 cm³/mol. The van der Waals surface area contributed by atoms with Crippen molar-refractivity contribution in [3.8, 4) is 0 Å². The van der Waals surface area contributed by atoms with Crippen molar-refractivity contribution < 1.29 is 4.79 Å². The number of aromatic nitrogens is 2. The molecule has 1 heterocycles. The van der Waals surface area contributed by atoms with Gasteiger partial charge in [0.1, 0.15) is 5.69 Å². The van der Waals surface area contributed by atoms with E-state index in [0.717, 1.165) is 18.5 Å². The molecule has 0 aliphatic carbocycles. The molecule has 1 aromatic heterocycles. The monoisotopic (exact) mass is 285 g/mol. The van der Waals surface area contributed by atoms with Gasteiger partial charge in [-0.3, -0.25) is 9.48 Å². The van der Waals surface area contributed by atoms with E-state index in [9.17, 15) is 4.79 Å². The van der Waals surface area contributed by atoms with Crippen LogP contribution in [0.5, 0.6) is 0 Å². The third kappa shape index (κ3) is 4.18. The Kier molecular flexibility index (Phi) is 5.14. The van der Waals surface area contributed by atoms with Crippen molar-refractivity contribution in [3.05, 3.63) is 53.3 Å². The van der Waals surface area contributed by atoms with Gasteiger partial charge in [0.2, 0.25) is 0 Å². The summed E-state index contributed by atoms with van der Waals surface area (Å²) in [7, 11) is 0. The molecule has 1 aromatic carbocycles. The van der Waals surface area contributed by atoms with Crippen LogP contribution in [0.15, 0.2) is 36.4 Å². The summed E-state index contributed by atoms with van der Waals surface area (Å²) in [5.74, 6) is -0.0921. The van der Waals surface area contributed by atoms with E-state index < -0.39 is 0 Å². The lowest BCUT2D eigenvalue weighted by atomic mass is 10.1. The lowest BCUT2D eigenvalue weighted by Gasteiger charge is -2.07. The zero-order valence-corrected chi connectivity index (χ0v) is 13.0. The molecule has 4 heteroatoms. The standard InChI is InChI=1S/C17H23N3O/c1-13(2)20-14(3)12-16(19-20)17(21)18-11-7-10-15-8-5-4-6-9-15/h4-6,8-9,12-13H,7,10-11H2,1-3H3,(H,18,21). The molecular formula is C17H23N3O. The lowest BCUT2D eigenvalue weighted by molar-refractivity contribution is 0.0947. The molecule has 1 amide bonds. The minimum atomic E-state index is -0.0921. The quantitative estimate of drug-likeness (QED) is 0.829. The predicted octanol–water partition coefficient (Wildman–Crippen LogP) is 3.14. The molecule has 0 saturated heterocycles. The van der Waals surface area contributed by atoms with Gasteiger partial charge >= 0.3 is 0 Å². The number of hydrogen-bond acceptors (Lipinski definition) is 2. The van der Waals surface area contributed by atoms with Gasteiger partial charge in [-0.2, -0.15) is 5.10 Å². The van der Waals surface area contributed by atoms with Crippen molar-refractivity contribution in [1.29, 1.82) is 0 Å². The second-order valence-corrected chi connectivity index (χ2v) is 5.55. The molecule has 112 valence electrons. The molecule has 0 atom stereocenters. The first-order valence-electron chi connectivity index (χ1n) is 7.46. The SMILES string of the molecule is Cc1cc(C(=O)NCCCc2ccccc2)nn1C(C)C. The number of rotatable bonds is 6. The smallest absolute Gasteiger partial charge is 0.271 e. The fourth-order valence-corrected chi connectivity index (χ4v) is 2.35. The molecule has 0 fully saturated rings. The number of nitrogens with one attached hydrogen (secondary N) is 1. The molecule has 0 unspecified atom stereocenters. The largest absolute Gasteiger partial charge is 0.351 e.